The predicted octanol–water partition coefficient (Wildman–Crippen LogP) is 3.67. The molecule has 6 atom stereocenters. The van der Waals surface area contributed by atoms with Gasteiger partial charge in [-0.2, -0.15) is 8.62 Å². The Morgan fingerprint density at radius 3 is 2.27 bits per heavy atom. The number of phosphoric ester groups is 1. The summed E-state index contributed by atoms with van der Waals surface area (Å²) in [6.07, 6.45) is 5.04. The lowest BCUT2D eigenvalue weighted by atomic mass is 9.79. The standard InChI is InChI=1S/C16H28NO10P3/c1-11-6-7-17(12(2)8-11)15-9-16(5,14(4)13(15)3)10-25-29(21,22)27-30(23,24)26-28(18,19)20/h6-7,13-15H,1-2,8-10H2,3-5H3,(H,21,22)(H,23,24)(H2,18,19,20). The van der Waals surface area contributed by atoms with Crippen LogP contribution in [0, 0.1) is 17.3 Å². The molecule has 1 aliphatic heterocycles. The van der Waals surface area contributed by atoms with Gasteiger partial charge in [-0.1, -0.05) is 33.9 Å². The zero-order chi connectivity index (χ0) is 23.1. The third-order valence-corrected chi connectivity index (χ3v) is 9.55. The monoisotopic (exact) mass is 487 g/mol. The summed E-state index contributed by atoms with van der Waals surface area (Å²) in [5.41, 5.74) is 1.24. The quantitative estimate of drug-likeness (QED) is 0.369. The molecule has 0 aromatic carbocycles. The topological polar surface area (TPSA) is 163 Å². The van der Waals surface area contributed by atoms with Crippen LogP contribution in [0.3, 0.4) is 0 Å². The Labute approximate surface area is 175 Å². The van der Waals surface area contributed by atoms with Gasteiger partial charge in [0.25, 0.3) is 0 Å². The summed E-state index contributed by atoms with van der Waals surface area (Å²) in [6, 6.07) is 0.0476. The van der Waals surface area contributed by atoms with Crippen molar-refractivity contribution in [1.82, 2.24) is 4.90 Å². The van der Waals surface area contributed by atoms with Crippen LogP contribution < -0.4 is 0 Å². The van der Waals surface area contributed by atoms with Gasteiger partial charge < -0.3 is 24.5 Å². The molecule has 172 valence electrons. The molecular formula is C16H28NO10P3. The van der Waals surface area contributed by atoms with E-state index < -0.39 is 28.9 Å². The van der Waals surface area contributed by atoms with Crippen molar-refractivity contribution < 1.29 is 46.4 Å². The molecule has 14 heteroatoms. The first-order valence-corrected chi connectivity index (χ1v) is 13.6. The van der Waals surface area contributed by atoms with Crippen molar-refractivity contribution in [2.45, 2.75) is 39.7 Å². The second kappa shape index (κ2) is 8.75. The number of phosphoric acid groups is 3. The van der Waals surface area contributed by atoms with Crippen LogP contribution in [0.25, 0.3) is 0 Å². The van der Waals surface area contributed by atoms with E-state index in [0.717, 1.165) is 11.3 Å². The van der Waals surface area contributed by atoms with Crippen molar-refractivity contribution >= 4 is 23.5 Å². The van der Waals surface area contributed by atoms with Crippen LogP contribution in [0.4, 0.5) is 0 Å². The second-order valence-corrected chi connectivity index (χ2v) is 12.5. The Morgan fingerprint density at radius 1 is 1.13 bits per heavy atom. The van der Waals surface area contributed by atoms with Crippen LogP contribution in [-0.2, 0) is 26.8 Å². The molecule has 0 bridgehead atoms. The van der Waals surface area contributed by atoms with E-state index in [2.05, 4.69) is 33.6 Å². The van der Waals surface area contributed by atoms with Crippen LogP contribution in [0.2, 0.25) is 0 Å². The minimum Gasteiger partial charge on any atom is -0.348 e. The molecule has 1 saturated carbocycles. The molecular weight excluding hydrogens is 459 g/mol. The molecule has 1 fully saturated rings. The van der Waals surface area contributed by atoms with Crippen molar-refractivity contribution in [3.63, 3.8) is 0 Å². The van der Waals surface area contributed by atoms with E-state index in [-0.39, 0.29) is 24.5 Å². The lowest BCUT2D eigenvalue weighted by Gasteiger charge is -2.35. The highest BCUT2D eigenvalue weighted by Gasteiger charge is 2.50. The summed E-state index contributed by atoms with van der Waals surface area (Å²) in [5.74, 6) is 0.188. The molecule has 0 spiro atoms. The van der Waals surface area contributed by atoms with E-state index in [9.17, 15) is 23.5 Å². The summed E-state index contributed by atoms with van der Waals surface area (Å²) in [7, 11) is -16.1. The fourth-order valence-corrected chi connectivity index (χ4v) is 7.09. The normalized spacial score (nSPS) is 34.1. The third-order valence-electron chi connectivity index (χ3n) is 5.77. The largest absolute Gasteiger partial charge is 0.490 e. The molecule has 4 N–H and O–H groups in total. The molecule has 1 aliphatic carbocycles. The maximum absolute atomic E-state index is 12.1. The van der Waals surface area contributed by atoms with Crippen LogP contribution >= 0.6 is 23.5 Å². The fourth-order valence-electron chi connectivity index (χ4n) is 3.94. The van der Waals surface area contributed by atoms with Crippen molar-refractivity contribution in [3.8, 4) is 0 Å². The highest BCUT2D eigenvalue weighted by atomic mass is 31.3. The molecule has 0 aromatic rings. The Balaban J connectivity index is 2.08. The van der Waals surface area contributed by atoms with Gasteiger partial charge in [0.1, 0.15) is 0 Å². The van der Waals surface area contributed by atoms with E-state index in [1.165, 1.54) is 0 Å². The summed E-state index contributed by atoms with van der Waals surface area (Å²) in [4.78, 5) is 38.3. The highest BCUT2D eigenvalue weighted by Crippen LogP contribution is 2.67. The molecule has 0 aromatic heterocycles. The van der Waals surface area contributed by atoms with Crippen LogP contribution in [0.1, 0.15) is 33.6 Å². The van der Waals surface area contributed by atoms with E-state index in [1.54, 1.807) is 0 Å². The van der Waals surface area contributed by atoms with Gasteiger partial charge in [0, 0.05) is 24.4 Å². The molecule has 0 radical (unpaired) electrons. The smallest absolute Gasteiger partial charge is 0.348 e. The lowest BCUT2D eigenvalue weighted by molar-refractivity contribution is 0.0843. The number of hydrogen-bond acceptors (Lipinski definition) is 7. The van der Waals surface area contributed by atoms with Gasteiger partial charge >= 0.3 is 23.5 Å². The Kier molecular flexibility index (Phi) is 7.50. The maximum atomic E-state index is 12.1. The number of nitrogens with zero attached hydrogens (tertiary/aromatic N) is 1. The van der Waals surface area contributed by atoms with Crippen LogP contribution in [0.15, 0.2) is 36.7 Å². The first kappa shape index (κ1) is 25.7. The van der Waals surface area contributed by atoms with E-state index in [0.29, 0.717) is 12.8 Å². The van der Waals surface area contributed by atoms with Gasteiger partial charge in [0.2, 0.25) is 0 Å². The van der Waals surface area contributed by atoms with Crippen molar-refractivity contribution in [3.05, 3.63) is 36.7 Å². The number of hydrogen-bond donors (Lipinski definition) is 4. The number of allylic oxidation sites excluding steroid dienone is 2. The first-order chi connectivity index (χ1) is 13.4. The summed E-state index contributed by atoms with van der Waals surface area (Å²) < 4.78 is 46.7. The predicted molar refractivity (Wildman–Crippen MR) is 109 cm³/mol. The van der Waals surface area contributed by atoms with Gasteiger partial charge in [0.05, 0.1) is 6.61 Å². The average molecular weight is 487 g/mol. The van der Waals surface area contributed by atoms with Gasteiger partial charge in [-0.3, -0.25) is 4.52 Å². The first-order valence-electron chi connectivity index (χ1n) is 9.05. The molecule has 2 rings (SSSR count). The molecule has 11 nitrogen and oxygen atoms in total. The van der Waals surface area contributed by atoms with Crippen LogP contribution in [-0.4, -0.2) is 37.1 Å². The fraction of sp³-hybridized carbons (Fsp3) is 0.625. The molecule has 2 aliphatic rings. The van der Waals surface area contributed by atoms with Crippen molar-refractivity contribution in [1.29, 1.82) is 0 Å². The molecule has 30 heavy (non-hydrogen) atoms. The summed E-state index contributed by atoms with van der Waals surface area (Å²) in [6.45, 7) is 13.6. The van der Waals surface area contributed by atoms with Gasteiger partial charge in [0.15, 0.2) is 0 Å². The summed E-state index contributed by atoms with van der Waals surface area (Å²) in [5, 5.41) is 0. The van der Waals surface area contributed by atoms with Gasteiger partial charge in [-0.15, -0.1) is 0 Å². The summed E-state index contributed by atoms with van der Waals surface area (Å²) >= 11 is 0. The second-order valence-electron chi connectivity index (χ2n) is 8.06. The van der Waals surface area contributed by atoms with Crippen molar-refractivity contribution in [2.75, 3.05) is 6.61 Å². The van der Waals surface area contributed by atoms with E-state index >= 15 is 0 Å². The Hall–Kier alpha value is -0.570. The SMILES string of the molecule is C=C1C=CN(C2CC(C)(COP(=O)(O)OP(=O)(O)OP(=O)(O)O)C(C)C2C)C(=C)C1. The minimum atomic E-state index is -5.53. The Bertz CT molecular complexity index is 882. The zero-order valence-corrected chi connectivity index (χ0v) is 19.6. The Morgan fingerprint density at radius 2 is 1.73 bits per heavy atom. The van der Waals surface area contributed by atoms with Gasteiger partial charge in [-0.25, -0.2) is 13.7 Å². The van der Waals surface area contributed by atoms with E-state index in [4.69, 9.17) is 14.3 Å². The number of rotatable bonds is 8. The molecule has 0 saturated heterocycles. The van der Waals surface area contributed by atoms with Crippen molar-refractivity contribution in [2.24, 2.45) is 17.3 Å². The molecule has 0 amide bonds. The third kappa shape index (κ3) is 6.47. The average Bonchev–Trinajstić information content (AvgIpc) is 2.75. The van der Waals surface area contributed by atoms with Crippen LogP contribution in [0.5, 0.6) is 0 Å². The highest BCUT2D eigenvalue weighted by molar-refractivity contribution is 7.66. The maximum Gasteiger partial charge on any atom is 0.490 e. The minimum absolute atomic E-state index is 0.0288. The lowest BCUT2D eigenvalue weighted by Crippen LogP contribution is -2.34. The molecule has 6 unspecified atom stereocenters. The molecule has 1 heterocycles. The van der Waals surface area contributed by atoms with E-state index in [1.807, 2.05) is 26.1 Å². The van der Waals surface area contributed by atoms with Gasteiger partial charge in [-0.05, 0) is 35.3 Å². The zero-order valence-electron chi connectivity index (χ0n) is 16.9.